The van der Waals surface area contributed by atoms with Gasteiger partial charge in [-0.3, -0.25) is 4.79 Å². The van der Waals surface area contributed by atoms with Crippen molar-refractivity contribution in [3.63, 3.8) is 0 Å². The summed E-state index contributed by atoms with van der Waals surface area (Å²) in [6.45, 7) is -0.494. The predicted octanol–water partition coefficient (Wildman–Crippen LogP) is -0.997. The second-order valence-corrected chi connectivity index (χ2v) is 6.33. The topological polar surface area (TPSA) is 116 Å². The van der Waals surface area contributed by atoms with Crippen LogP contribution in [0.4, 0.5) is 13.2 Å². The van der Waals surface area contributed by atoms with E-state index in [4.69, 9.17) is 0 Å². The Morgan fingerprint density at radius 2 is 1.83 bits per heavy atom. The van der Waals surface area contributed by atoms with E-state index < -0.39 is 50.9 Å². The molecular formula is C5H6F3NO7S2. The third kappa shape index (κ3) is 3.79. The molecule has 0 aromatic rings. The lowest BCUT2D eigenvalue weighted by Crippen LogP contribution is -2.42. The van der Waals surface area contributed by atoms with E-state index in [9.17, 15) is 34.8 Å². The maximum absolute atomic E-state index is 11.9. The van der Waals surface area contributed by atoms with Gasteiger partial charge in [0.1, 0.15) is 12.7 Å². The molecule has 0 spiro atoms. The number of alkyl halides is 3. The highest BCUT2D eigenvalue weighted by atomic mass is 32.3. The van der Waals surface area contributed by atoms with E-state index in [1.807, 2.05) is 0 Å². The average molecular weight is 313 g/mol. The number of hydrogen-bond acceptors (Lipinski definition) is 7. The first-order valence-electron chi connectivity index (χ1n) is 4.12. The molecule has 1 fully saturated rings. The minimum atomic E-state index is -6.10. The molecule has 1 heterocycles. The van der Waals surface area contributed by atoms with Gasteiger partial charge < -0.3 is 4.74 Å². The average Bonchev–Trinajstić information content (AvgIpc) is 2.45. The summed E-state index contributed by atoms with van der Waals surface area (Å²) >= 11 is 0. The maximum Gasteiger partial charge on any atom is 0.512 e. The van der Waals surface area contributed by atoms with E-state index in [-0.39, 0.29) is 0 Å². The molecule has 18 heavy (non-hydrogen) atoms. The molecule has 1 atom stereocenters. The Kier molecular flexibility index (Phi) is 3.90. The molecule has 1 N–H and O–H groups in total. The third-order valence-corrected chi connectivity index (χ3v) is 4.43. The number of ether oxygens (including phenoxy) is 1. The number of carbonyl (C=O) groups excluding carboxylic acids is 1. The predicted molar refractivity (Wildman–Crippen MR) is 47.5 cm³/mol. The lowest BCUT2D eigenvalue weighted by atomic mass is 10.3. The summed E-state index contributed by atoms with van der Waals surface area (Å²) in [5, 5.41) is 0. The second-order valence-electron chi connectivity index (χ2n) is 3.09. The fourth-order valence-corrected chi connectivity index (χ4v) is 3.02. The number of carbonyl (C=O) groups is 1. The highest BCUT2D eigenvalue weighted by Crippen LogP contribution is 2.23. The van der Waals surface area contributed by atoms with E-state index in [0.717, 1.165) is 0 Å². The van der Waals surface area contributed by atoms with Crippen molar-refractivity contribution >= 4 is 26.3 Å². The summed E-state index contributed by atoms with van der Waals surface area (Å²) in [5.41, 5.74) is -5.80. The molecule has 1 saturated heterocycles. The van der Waals surface area contributed by atoms with Gasteiger partial charge in [0.05, 0.1) is 6.42 Å². The molecule has 1 aliphatic heterocycles. The Hall–Kier alpha value is -0.920. The number of halogens is 3. The van der Waals surface area contributed by atoms with Gasteiger partial charge in [0.25, 0.3) is 0 Å². The maximum atomic E-state index is 11.9. The van der Waals surface area contributed by atoms with Gasteiger partial charge in [0.2, 0.25) is 0 Å². The molecular weight excluding hydrogens is 307 g/mol. The van der Waals surface area contributed by atoms with Crippen LogP contribution < -0.4 is 4.13 Å². The Labute approximate surface area is 99.4 Å². The van der Waals surface area contributed by atoms with Crippen molar-refractivity contribution in [2.45, 2.75) is 18.0 Å². The highest BCUT2D eigenvalue weighted by Gasteiger charge is 2.49. The number of cyclic esters (lactones) is 1. The molecule has 0 aliphatic carbocycles. The SMILES string of the molecule is O=C1CC(OS(=O)(=O)NS(=O)(=O)C(F)(F)F)CO1. The van der Waals surface area contributed by atoms with Gasteiger partial charge in [-0.1, -0.05) is 4.13 Å². The first-order valence-corrected chi connectivity index (χ1v) is 7.01. The fourth-order valence-electron chi connectivity index (χ4n) is 0.932. The van der Waals surface area contributed by atoms with Crippen LogP contribution in [0.3, 0.4) is 0 Å². The van der Waals surface area contributed by atoms with E-state index >= 15 is 0 Å². The van der Waals surface area contributed by atoms with Crippen molar-refractivity contribution in [3.8, 4) is 0 Å². The Balaban J connectivity index is 2.75. The van der Waals surface area contributed by atoms with Crippen molar-refractivity contribution in [2.24, 2.45) is 0 Å². The standard InChI is InChI=1S/C5H6F3NO7S2/c6-5(7,8)17(11,12)9-18(13,14)16-3-1-4(10)15-2-3/h3,9H,1-2H2. The normalized spacial score (nSPS) is 21.9. The van der Waals surface area contributed by atoms with Gasteiger partial charge in [-0.05, 0) is 0 Å². The molecule has 0 saturated carbocycles. The minimum absolute atomic E-state index is 0.345. The summed E-state index contributed by atoms with van der Waals surface area (Å²) in [7, 11) is -11.3. The first kappa shape index (κ1) is 15.1. The number of nitrogens with one attached hydrogen (secondary N) is 1. The Bertz CT molecular complexity index is 536. The molecule has 0 aromatic heterocycles. The van der Waals surface area contributed by atoms with Gasteiger partial charge in [-0.25, -0.2) is 12.6 Å². The van der Waals surface area contributed by atoms with Gasteiger partial charge in [0, 0.05) is 0 Å². The molecule has 13 heteroatoms. The number of esters is 1. The lowest BCUT2D eigenvalue weighted by Gasteiger charge is -2.11. The Morgan fingerprint density at radius 3 is 2.22 bits per heavy atom. The summed E-state index contributed by atoms with van der Waals surface area (Å²) in [5.74, 6) is -0.811. The second kappa shape index (κ2) is 4.64. The van der Waals surface area contributed by atoms with Crippen LogP contribution >= 0.6 is 0 Å². The smallest absolute Gasteiger partial charge is 0.463 e. The zero-order valence-electron chi connectivity index (χ0n) is 8.30. The molecule has 0 amide bonds. The summed E-state index contributed by atoms with van der Waals surface area (Å²) in [6, 6.07) is 0. The molecule has 1 aliphatic rings. The van der Waals surface area contributed by atoms with Crippen LogP contribution in [0.1, 0.15) is 6.42 Å². The molecule has 0 aromatic carbocycles. The van der Waals surface area contributed by atoms with Crippen LogP contribution in [0.25, 0.3) is 0 Å². The van der Waals surface area contributed by atoms with Crippen LogP contribution in [0.15, 0.2) is 0 Å². The molecule has 0 radical (unpaired) electrons. The summed E-state index contributed by atoms with van der Waals surface area (Å²) < 4.78 is 87.3. The van der Waals surface area contributed by atoms with Crippen molar-refractivity contribution in [3.05, 3.63) is 0 Å². The molecule has 106 valence electrons. The largest absolute Gasteiger partial charge is 0.512 e. The summed E-state index contributed by atoms with van der Waals surface area (Å²) in [4.78, 5) is 10.6. The van der Waals surface area contributed by atoms with E-state index in [1.165, 1.54) is 0 Å². The monoisotopic (exact) mass is 313 g/mol. The van der Waals surface area contributed by atoms with Crippen LogP contribution in [0, 0.1) is 0 Å². The zero-order chi connectivity index (χ0) is 14.2. The quantitative estimate of drug-likeness (QED) is 0.662. The molecule has 0 bridgehead atoms. The van der Waals surface area contributed by atoms with Gasteiger partial charge in [-0.15, -0.1) is 0 Å². The molecule has 1 rings (SSSR count). The van der Waals surface area contributed by atoms with Gasteiger partial charge in [-0.2, -0.15) is 21.6 Å². The zero-order valence-corrected chi connectivity index (χ0v) is 9.93. The lowest BCUT2D eigenvalue weighted by molar-refractivity contribution is -0.137. The number of rotatable bonds is 4. The van der Waals surface area contributed by atoms with Crippen molar-refractivity contribution in [1.82, 2.24) is 4.13 Å². The Morgan fingerprint density at radius 1 is 1.28 bits per heavy atom. The van der Waals surface area contributed by atoms with E-state index in [0.29, 0.717) is 4.13 Å². The number of sulfonamides is 1. The fraction of sp³-hybridized carbons (Fsp3) is 0.800. The van der Waals surface area contributed by atoms with Crippen molar-refractivity contribution < 1.29 is 43.7 Å². The van der Waals surface area contributed by atoms with Crippen LogP contribution in [0.2, 0.25) is 0 Å². The molecule has 1 unspecified atom stereocenters. The van der Waals surface area contributed by atoms with E-state index in [1.54, 1.807) is 0 Å². The van der Waals surface area contributed by atoms with Crippen LogP contribution in [-0.4, -0.2) is 41.0 Å². The van der Waals surface area contributed by atoms with Gasteiger partial charge in [0.15, 0.2) is 0 Å². The van der Waals surface area contributed by atoms with E-state index in [2.05, 4.69) is 8.92 Å². The molecule has 8 nitrogen and oxygen atoms in total. The first-order chi connectivity index (χ1) is 7.93. The van der Waals surface area contributed by atoms with Crippen LogP contribution in [0.5, 0.6) is 0 Å². The van der Waals surface area contributed by atoms with Crippen molar-refractivity contribution in [1.29, 1.82) is 0 Å². The minimum Gasteiger partial charge on any atom is -0.463 e. The highest BCUT2D eigenvalue weighted by molar-refractivity contribution is 8.03. The number of hydrogen-bond donors (Lipinski definition) is 1. The third-order valence-electron chi connectivity index (χ3n) is 1.60. The summed E-state index contributed by atoms with van der Waals surface area (Å²) in [6.07, 6.45) is -1.87. The van der Waals surface area contributed by atoms with Crippen molar-refractivity contribution in [2.75, 3.05) is 6.61 Å². The van der Waals surface area contributed by atoms with Crippen LogP contribution in [-0.2, 0) is 34.0 Å². The van der Waals surface area contributed by atoms with Gasteiger partial charge >= 0.3 is 31.8 Å².